The zero-order valence-corrected chi connectivity index (χ0v) is 16.2. The highest BCUT2D eigenvalue weighted by Gasteiger charge is 2.73. The van der Waals surface area contributed by atoms with Crippen molar-refractivity contribution in [1.82, 2.24) is 0 Å². The fourth-order valence-electron chi connectivity index (χ4n) is 5.31. The van der Waals surface area contributed by atoms with Gasteiger partial charge in [0.2, 0.25) is 0 Å². The van der Waals surface area contributed by atoms with E-state index >= 15 is 0 Å². The van der Waals surface area contributed by atoms with Gasteiger partial charge in [0, 0.05) is 16.2 Å². The van der Waals surface area contributed by atoms with Gasteiger partial charge in [-0.25, -0.2) is 0 Å². The van der Waals surface area contributed by atoms with Crippen LogP contribution in [0.4, 0.5) is 0 Å². The van der Waals surface area contributed by atoms with Gasteiger partial charge < -0.3 is 4.74 Å². The molecule has 0 radical (unpaired) electrons. The number of hydrogen-bond acceptors (Lipinski definition) is 3. The first-order valence-corrected chi connectivity index (χ1v) is 10.3. The SMILES string of the molecule is CC1C=C2C(=O)C3(C4CCC(c5ccc(Cl)cc5)CC4)OC3C(=O)C2=CC1. The Kier molecular flexibility index (Phi) is 3.96. The number of epoxide rings is 1. The minimum Gasteiger partial charge on any atom is -0.348 e. The summed E-state index contributed by atoms with van der Waals surface area (Å²) in [6.07, 6.45) is 8.07. The third-order valence-electron chi connectivity index (χ3n) is 6.86. The molecule has 1 aliphatic heterocycles. The first-order chi connectivity index (χ1) is 13.0. The second-order valence-corrected chi connectivity index (χ2v) is 8.93. The van der Waals surface area contributed by atoms with Crippen LogP contribution in [0.5, 0.6) is 0 Å². The summed E-state index contributed by atoms with van der Waals surface area (Å²) in [6, 6.07) is 8.08. The fourth-order valence-corrected chi connectivity index (χ4v) is 5.43. The van der Waals surface area contributed by atoms with Gasteiger partial charge in [-0.2, -0.15) is 0 Å². The molecule has 0 spiro atoms. The Hall–Kier alpha value is -1.71. The lowest BCUT2D eigenvalue weighted by molar-refractivity contribution is -0.125. The summed E-state index contributed by atoms with van der Waals surface area (Å²) in [5, 5.41) is 0.755. The second-order valence-electron chi connectivity index (χ2n) is 8.50. The number of ether oxygens (including phenoxy) is 1. The van der Waals surface area contributed by atoms with Crippen molar-refractivity contribution in [2.24, 2.45) is 11.8 Å². The Morgan fingerprint density at radius 2 is 1.74 bits per heavy atom. The Bertz CT molecular complexity index is 873. The molecule has 27 heavy (non-hydrogen) atoms. The van der Waals surface area contributed by atoms with Gasteiger partial charge in [-0.3, -0.25) is 9.59 Å². The predicted octanol–water partition coefficient (Wildman–Crippen LogP) is 4.80. The first kappa shape index (κ1) is 17.4. The minimum atomic E-state index is -0.873. The lowest BCUT2D eigenvalue weighted by Crippen LogP contribution is -2.45. The van der Waals surface area contributed by atoms with Crippen molar-refractivity contribution in [1.29, 1.82) is 0 Å². The summed E-state index contributed by atoms with van der Waals surface area (Å²) < 4.78 is 5.92. The fraction of sp³-hybridized carbons (Fsp3) is 0.478. The molecule has 0 amide bonds. The van der Waals surface area contributed by atoms with E-state index in [9.17, 15) is 9.59 Å². The van der Waals surface area contributed by atoms with E-state index in [1.807, 2.05) is 24.3 Å². The van der Waals surface area contributed by atoms with Crippen LogP contribution in [-0.2, 0) is 14.3 Å². The molecular weight excluding hydrogens is 360 g/mol. The van der Waals surface area contributed by atoms with Crippen LogP contribution in [0, 0.1) is 11.8 Å². The maximum Gasteiger partial charge on any atom is 0.198 e. The summed E-state index contributed by atoms with van der Waals surface area (Å²) in [5.41, 5.74) is 1.66. The average Bonchev–Trinajstić information content (AvgIpc) is 3.44. The lowest BCUT2D eigenvalue weighted by Gasteiger charge is -2.34. The maximum atomic E-state index is 13.3. The first-order valence-electron chi connectivity index (χ1n) is 9.95. The van der Waals surface area contributed by atoms with Crippen molar-refractivity contribution in [3.8, 4) is 0 Å². The molecule has 2 saturated carbocycles. The minimum absolute atomic E-state index is 0.0209. The molecule has 3 atom stereocenters. The van der Waals surface area contributed by atoms with E-state index in [4.69, 9.17) is 16.3 Å². The van der Waals surface area contributed by atoms with Crippen molar-refractivity contribution in [2.75, 3.05) is 0 Å². The topological polar surface area (TPSA) is 46.7 Å². The van der Waals surface area contributed by atoms with E-state index in [-0.39, 0.29) is 17.5 Å². The lowest BCUT2D eigenvalue weighted by atomic mass is 9.66. The van der Waals surface area contributed by atoms with Crippen LogP contribution in [0.3, 0.4) is 0 Å². The highest BCUT2D eigenvalue weighted by molar-refractivity contribution is 6.30. The van der Waals surface area contributed by atoms with E-state index in [2.05, 4.69) is 19.1 Å². The number of hydrogen-bond donors (Lipinski definition) is 0. The Balaban J connectivity index is 1.36. The van der Waals surface area contributed by atoms with Crippen molar-refractivity contribution >= 4 is 23.2 Å². The molecule has 3 unspecified atom stereocenters. The zero-order valence-electron chi connectivity index (χ0n) is 15.4. The summed E-state index contributed by atoms with van der Waals surface area (Å²) >= 11 is 6.00. The molecule has 1 heterocycles. The molecule has 0 N–H and O–H groups in total. The summed E-state index contributed by atoms with van der Waals surface area (Å²) in [4.78, 5) is 26.1. The van der Waals surface area contributed by atoms with E-state index < -0.39 is 11.7 Å². The number of carbonyl (C=O) groups is 2. The van der Waals surface area contributed by atoms with Gasteiger partial charge in [0.05, 0.1) is 0 Å². The standard InChI is InChI=1S/C23H23ClO3/c1-13-2-11-18-19(12-13)21(26)23(22(27-23)20(18)25)16-7-3-14(4-8-16)15-5-9-17(24)10-6-15/h5-6,9-14,16,22H,2-4,7-8H2,1H3. The monoisotopic (exact) mass is 382 g/mol. The molecule has 4 aliphatic rings. The van der Waals surface area contributed by atoms with E-state index in [1.54, 1.807) is 0 Å². The van der Waals surface area contributed by atoms with Crippen LogP contribution in [0.25, 0.3) is 0 Å². The molecule has 3 fully saturated rings. The van der Waals surface area contributed by atoms with Crippen LogP contribution >= 0.6 is 11.6 Å². The molecule has 140 valence electrons. The molecule has 1 saturated heterocycles. The van der Waals surface area contributed by atoms with Crippen molar-refractivity contribution in [3.05, 3.63) is 58.1 Å². The van der Waals surface area contributed by atoms with Crippen LogP contribution in [0.15, 0.2) is 47.6 Å². The normalized spacial score (nSPS) is 37.9. The van der Waals surface area contributed by atoms with Gasteiger partial charge >= 0.3 is 0 Å². The highest BCUT2D eigenvalue weighted by atomic mass is 35.5. The molecule has 3 aliphatic carbocycles. The van der Waals surface area contributed by atoms with E-state index in [1.165, 1.54) is 5.56 Å². The molecule has 4 heteroatoms. The third-order valence-corrected chi connectivity index (χ3v) is 7.11. The largest absolute Gasteiger partial charge is 0.348 e. The van der Waals surface area contributed by atoms with Gasteiger partial charge in [0.25, 0.3) is 0 Å². The molecule has 0 aromatic heterocycles. The van der Waals surface area contributed by atoms with Crippen LogP contribution in [-0.4, -0.2) is 23.3 Å². The van der Waals surface area contributed by atoms with E-state index in [0.29, 0.717) is 23.0 Å². The summed E-state index contributed by atoms with van der Waals surface area (Å²) in [5.74, 6) is 1.01. The smallest absolute Gasteiger partial charge is 0.198 e. The number of ketones is 2. The Labute approximate surface area is 164 Å². The number of allylic oxidation sites excluding steroid dienone is 2. The van der Waals surface area contributed by atoms with Crippen molar-refractivity contribution in [2.45, 2.75) is 56.7 Å². The number of rotatable bonds is 2. The highest BCUT2D eigenvalue weighted by Crippen LogP contribution is 2.57. The van der Waals surface area contributed by atoms with Crippen molar-refractivity contribution < 1.29 is 14.3 Å². The predicted molar refractivity (Wildman–Crippen MR) is 104 cm³/mol. The number of Topliss-reactive ketones (excluding diaryl/α,β-unsaturated/α-hetero) is 2. The maximum absolute atomic E-state index is 13.3. The van der Waals surface area contributed by atoms with Crippen LogP contribution in [0.1, 0.15) is 50.5 Å². The van der Waals surface area contributed by atoms with Crippen molar-refractivity contribution in [3.63, 3.8) is 0 Å². The van der Waals surface area contributed by atoms with Crippen LogP contribution < -0.4 is 0 Å². The van der Waals surface area contributed by atoms with Crippen LogP contribution in [0.2, 0.25) is 5.02 Å². The molecule has 5 rings (SSSR count). The molecule has 1 aromatic rings. The molecular formula is C23H23ClO3. The third kappa shape index (κ3) is 2.59. The van der Waals surface area contributed by atoms with Gasteiger partial charge in [-0.1, -0.05) is 42.8 Å². The quantitative estimate of drug-likeness (QED) is 0.690. The van der Waals surface area contributed by atoms with E-state index in [0.717, 1.165) is 37.1 Å². The average molecular weight is 383 g/mol. The molecule has 3 nitrogen and oxygen atoms in total. The second kappa shape index (κ2) is 6.15. The number of halogens is 1. The van der Waals surface area contributed by atoms with Gasteiger partial charge in [0.15, 0.2) is 23.3 Å². The van der Waals surface area contributed by atoms with Gasteiger partial charge in [-0.05, 0) is 67.6 Å². The zero-order chi connectivity index (χ0) is 18.8. The Morgan fingerprint density at radius 1 is 1.04 bits per heavy atom. The Morgan fingerprint density at radius 3 is 2.44 bits per heavy atom. The summed E-state index contributed by atoms with van der Waals surface area (Å²) in [7, 11) is 0. The van der Waals surface area contributed by atoms with Gasteiger partial charge in [-0.15, -0.1) is 0 Å². The van der Waals surface area contributed by atoms with Gasteiger partial charge in [0.1, 0.15) is 0 Å². The molecule has 0 bridgehead atoms. The summed E-state index contributed by atoms with van der Waals surface area (Å²) in [6.45, 7) is 2.09. The number of carbonyl (C=O) groups excluding carboxylic acids is 2. The number of benzene rings is 1. The molecule has 1 aromatic carbocycles. The number of fused-ring (bicyclic) bond motifs is 2.